The van der Waals surface area contributed by atoms with Crippen LogP contribution in [0.1, 0.15) is 25.1 Å². The average Bonchev–Trinajstić information content (AvgIpc) is 2.87. The summed E-state index contributed by atoms with van der Waals surface area (Å²) in [6, 6.07) is 0. The van der Waals surface area contributed by atoms with Crippen LogP contribution in [0.5, 0.6) is 0 Å². The minimum absolute atomic E-state index is 0.249. The predicted molar refractivity (Wildman–Crippen MR) is 68.3 cm³/mol. The highest BCUT2D eigenvalue weighted by Crippen LogP contribution is 2.27. The van der Waals surface area contributed by atoms with Crippen LogP contribution in [0.25, 0.3) is 0 Å². The van der Waals surface area contributed by atoms with Gasteiger partial charge in [0.2, 0.25) is 5.91 Å². The lowest BCUT2D eigenvalue weighted by Gasteiger charge is -2.16. The van der Waals surface area contributed by atoms with Crippen molar-refractivity contribution in [2.45, 2.75) is 26.8 Å². The second-order valence-corrected chi connectivity index (χ2v) is 5.87. The third-order valence-corrected chi connectivity index (χ3v) is 4.12. The van der Waals surface area contributed by atoms with Crippen molar-refractivity contribution in [1.82, 2.24) is 9.88 Å². The maximum Gasteiger partial charge on any atom is 0.223 e. The molecule has 1 aromatic heterocycles. The molecule has 1 atom stereocenters. The molecule has 0 aliphatic carbocycles. The zero-order valence-corrected chi connectivity index (χ0v) is 11.0. The van der Waals surface area contributed by atoms with Crippen LogP contribution in [0, 0.1) is 11.8 Å². The second-order valence-electron chi connectivity index (χ2n) is 4.76. The summed E-state index contributed by atoms with van der Waals surface area (Å²) >= 11 is 1.49. The lowest BCUT2D eigenvalue weighted by atomic mass is 9.95. The van der Waals surface area contributed by atoms with Crippen LogP contribution in [-0.4, -0.2) is 22.3 Å². The first-order valence-electron chi connectivity index (χ1n) is 5.79. The molecule has 17 heavy (non-hydrogen) atoms. The second kappa shape index (κ2) is 5.01. The molecule has 2 rings (SSSR count). The summed E-state index contributed by atoms with van der Waals surface area (Å²) in [6.07, 6.45) is 2.45. The molecule has 94 valence electrons. The number of hydrogen-bond donors (Lipinski definition) is 2. The number of nitrogens with two attached hydrogens (primary N) is 1. The molecule has 0 saturated carbocycles. The number of nitrogen functional groups attached to an aromatic ring is 1. The first-order valence-corrected chi connectivity index (χ1v) is 6.61. The Morgan fingerprint density at radius 1 is 1.71 bits per heavy atom. The molecule has 5 nitrogen and oxygen atoms in total. The van der Waals surface area contributed by atoms with Gasteiger partial charge in [0.15, 0.2) is 5.13 Å². The summed E-state index contributed by atoms with van der Waals surface area (Å²) in [6.45, 7) is 5.86. The minimum atomic E-state index is 0.249. The van der Waals surface area contributed by atoms with Gasteiger partial charge in [-0.2, -0.15) is 0 Å². The largest absolute Gasteiger partial charge is 0.337 e. The first-order chi connectivity index (χ1) is 8.10. The van der Waals surface area contributed by atoms with Crippen LogP contribution >= 0.6 is 11.3 Å². The number of amides is 1. The number of nitrogens with zero attached hydrogens (tertiary/aromatic N) is 2. The summed E-state index contributed by atoms with van der Waals surface area (Å²) in [4.78, 5) is 18.9. The lowest BCUT2D eigenvalue weighted by Crippen LogP contribution is -2.24. The number of hydrazine groups is 1. The highest BCUT2D eigenvalue weighted by atomic mass is 32.1. The van der Waals surface area contributed by atoms with Crippen LogP contribution in [0.4, 0.5) is 5.13 Å². The number of hydrogen-bond acceptors (Lipinski definition) is 5. The molecule has 2 heterocycles. The smallest absolute Gasteiger partial charge is 0.223 e. The molecular formula is C11H18N4OS. The van der Waals surface area contributed by atoms with E-state index < -0.39 is 0 Å². The van der Waals surface area contributed by atoms with Gasteiger partial charge in [0.05, 0.1) is 6.54 Å². The number of carbonyl (C=O) groups is 1. The zero-order chi connectivity index (χ0) is 12.4. The average molecular weight is 254 g/mol. The number of thiazole rings is 1. The number of anilines is 1. The predicted octanol–water partition coefficient (Wildman–Crippen LogP) is 1.43. The van der Waals surface area contributed by atoms with Crippen molar-refractivity contribution in [1.29, 1.82) is 0 Å². The van der Waals surface area contributed by atoms with E-state index in [1.54, 1.807) is 6.20 Å². The molecular weight excluding hydrogens is 236 g/mol. The number of nitrogens with one attached hydrogen (secondary N) is 1. The van der Waals surface area contributed by atoms with Crippen LogP contribution in [0.3, 0.4) is 0 Å². The van der Waals surface area contributed by atoms with E-state index in [9.17, 15) is 4.79 Å². The van der Waals surface area contributed by atoms with E-state index in [4.69, 9.17) is 5.84 Å². The lowest BCUT2D eigenvalue weighted by molar-refractivity contribution is -0.128. The molecule has 1 fully saturated rings. The third kappa shape index (κ3) is 2.76. The van der Waals surface area contributed by atoms with Crippen LogP contribution in [0.2, 0.25) is 0 Å². The van der Waals surface area contributed by atoms with Crippen molar-refractivity contribution in [2.24, 2.45) is 17.7 Å². The van der Waals surface area contributed by atoms with Gasteiger partial charge in [-0.25, -0.2) is 10.8 Å². The summed E-state index contributed by atoms with van der Waals surface area (Å²) in [5.41, 5.74) is 2.51. The zero-order valence-electron chi connectivity index (χ0n) is 10.1. The van der Waals surface area contributed by atoms with Crippen LogP contribution in [0.15, 0.2) is 6.20 Å². The number of likely N-dealkylation sites (tertiary alicyclic amines) is 1. The van der Waals surface area contributed by atoms with Gasteiger partial charge in [-0.1, -0.05) is 25.2 Å². The molecule has 0 radical (unpaired) electrons. The van der Waals surface area contributed by atoms with Crippen molar-refractivity contribution in [3.8, 4) is 0 Å². The molecule has 0 spiro atoms. The fourth-order valence-corrected chi connectivity index (χ4v) is 2.78. The van der Waals surface area contributed by atoms with Crippen molar-refractivity contribution in [3.05, 3.63) is 11.1 Å². The van der Waals surface area contributed by atoms with Gasteiger partial charge >= 0.3 is 0 Å². The highest BCUT2D eigenvalue weighted by molar-refractivity contribution is 7.15. The first kappa shape index (κ1) is 12.3. The molecule has 0 aromatic carbocycles. The standard InChI is InChI=1S/C11H18N4OS/c1-7(2)8-3-10(16)15(5-8)6-9-4-13-11(14-12)17-9/h4,7-8H,3,5-6,12H2,1-2H3,(H,13,14). The van der Waals surface area contributed by atoms with Crippen molar-refractivity contribution in [2.75, 3.05) is 12.0 Å². The fourth-order valence-electron chi connectivity index (χ4n) is 2.04. The van der Waals surface area contributed by atoms with E-state index in [0.717, 1.165) is 11.4 Å². The summed E-state index contributed by atoms with van der Waals surface area (Å²) in [5, 5.41) is 0.687. The monoisotopic (exact) mass is 254 g/mol. The SMILES string of the molecule is CC(C)C1CC(=O)N(Cc2cnc(NN)s2)C1. The van der Waals surface area contributed by atoms with Crippen LogP contribution in [-0.2, 0) is 11.3 Å². The van der Waals surface area contributed by atoms with Gasteiger partial charge in [-0.3, -0.25) is 10.2 Å². The van der Waals surface area contributed by atoms with Gasteiger partial charge in [-0.15, -0.1) is 0 Å². The fraction of sp³-hybridized carbons (Fsp3) is 0.636. The van der Waals surface area contributed by atoms with Gasteiger partial charge in [0, 0.05) is 24.0 Å². The van der Waals surface area contributed by atoms with E-state index in [1.165, 1.54) is 11.3 Å². The van der Waals surface area contributed by atoms with E-state index >= 15 is 0 Å². The van der Waals surface area contributed by atoms with Crippen molar-refractivity contribution in [3.63, 3.8) is 0 Å². The van der Waals surface area contributed by atoms with E-state index in [-0.39, 0.29) is 5.91 Å². The van der Waals surface area contributed by atoms with Gasteiger partial charge < -0.3 is 4.90 Å². The summed E-state index contributed by atoms with van der Waals surface area (Å²) in [7, 11) is 0. The van der Waals surface area contributed by atoms with E-state index in [1.807, 2.05) is 4.90 Å². The normalized spacial score (nSPS) is 20.4. The van der Waals surface area contributed by atoms with Crippen LogP contribution < -0.4 is 11.3 Å². The molecule has 1 saturated heterocycles. The Labute approximate surface area is 105 Å². The minimum Gasteiger partial charge on any atom is -0.337 e. The molecule has 1 amide bonds. The Balaban J connectivity index is 1.97. The number of carbonyl (C=O) groups excluding carboxylic acids is 1. The quantitative estimate of drug-likeness (QED) is 0.630. The van der Waals surface area contributed by atoms with E-state index in [2.05, 4.69) is 24.3 Å². The molecule has 3 N–H and O–H groups in total. The number of aromatic nitrogens is 1. The maximum absolute atomic E-state index is 11.8. The molecule has 1 aromatic rings. The molecule has 1 unspecified atom stereocenters. The molecule has 0 bridgehead atoms. The third-order valence-electron chi connectivity index (χ3n) is 3.21. The molecule has 6 heteroatoms. The summed E-state index contributed by atoms with van der Waals surface area (Å²) in [5.74, 6) is 6.58. The van der Waals surface area contributed by atoms with E-state index in [0.29, 0.717) is 29.9 Å². The Kier molecular flexibility index (Phi) is 3.63. The molecule has 1 aliphatic heterocycles. The topological polar surface area (TPSA) is 71.2 Å². The Hall–Kier alpha value is -1.14. The Bertz CT molecular complexity index is 404. The Morgan fingerprint density at radius 2 is 2.47 bits per heavy atom. The van der Waals surface area contributed by atoms with Crippen molar-refractivity contribution >= 4 is 22.4 Å². The van der Waals surface area contributed by atoms with Crippen molar-refractivity contribution < 1.29 is 4.79 Å². The maximum atomic E-state index is 11.8. The highest BCUT2D eigenvalue weighted by Gasteiger charge is 2.31. The van der Waals surface area contributed by atoms with Gasteiger partial charge in [-0.05, 0) is 11.8 Å². The molecule has 1 aliphatic rings. The summed E-state index contributed by atoms with van der Waals surface area (Å²) < 4.78 is 0. The van der Waals surface area contributed by atoms with Gasteiger partial charge in [0.25, 0.3) is 0 Å². The number of rotatable bonds is 4. The van der Waals surface area contributed by atoms with Gasteiger partial charge in [0.1, 0.15) is 0 Å². The Morgan fingerprint density at radius 3 is 3.00 bits per heavy atom.